The van der Waals surface area contributed by atoms with E-state index < -0.39 is 0 Å². The monoisotopic (exact) mass is 312 g/mol. The predicted octanol–water partition coefficient (Wildman–Crippen LogP) is 2.47. The first-order valence-electron chi connectivity index (χ1n) is 6.22. The van der Waals surface area contributed by atoms with Crippen molar-refractivity contribution in [3.8, 4) is 5.75 Å². The van der Waals surface area contributed by atoms with Gasteiger partial charge in [-0.25, -0.2) is 0 Å². The fraction of sp³-hybridized carbons (Fsp3) is 0.538. The molecular formula is C13H17BrN2O2. The first-order valence-corrected chi connectivity index (χ1v) is 7.13. The molecule has 0 aromatic carbocycles. The molecule has 1 aliphatic carbocycles. The predicted molar refractivity (Wildman–Crippen MR) is 72.9 cm³/mol. The molecular weight excluding hydrogens is 296 g/mol. The van der Waals surface area contributed by atoms with Gasteiger partial charge in [0.1, 0.15) is 5.75 Å². The van der Waals surface area contributed by atoms with Crippen LogP contribution in [0.5, 0.6) is 5.75 Å². The summed E-state index contributed by atoms with van der Waals surface area (Å²) in [5.41, 5.74) is 0.291. The van der Waals surface area contributed by atoms with Crippen LogP contribution in [0.25, 0.3) is 0 Å². The number of carbonyl (C=O) groups is 1. The maximum Gasteiger partial charge on any atom is 0.255 e. The van der Waals surface area contributed by atoms with Gasteiger partial charge < -0.3 is 10.4 Å². The van der Waals surface area contributed by atoms with Crippen LogP contribution in [-0.4, -0.2) is 27.4 Å². The summed E-state index contributed by atoms with van der Waals surface area (Å²) < 4.78 is 0. The topological polar surface area (TPSA) is 62.2 Å². The van der Waals surface area contributed by atoms with Gasteiger partial charge in [-0.1, -0.05) is 15.9 Å². The maximum absolute atomic E-state index is 11.9. The first kappa shape index (κ1) is 13.3. The van der Waals surface area contributed by atoms with Crippen LogP contribution in [0.15, 0.2) is 18.5 Å². The fourth-order valence-corrected chi connectivity index (χ4v) is 2.76. The first-order chi connectivity index (χ1) is 8.66. The molecule has 18 heavy (non-hydrogen) atoms. The van der Waals surface area contributed by atoms with Gasteiger partial charge in [-0.2, -0.15) is 0 Å². The maximum atomic E-state index is 11.9. The van der Waals surface area contributed by atoms with Gasteiger partial charge in [-0.3, -0.25) is 9.78 Å². The number of aromatic hydroxyl groups is 1. The van der Waals surface area contributed by atoms with Crippen LogP contribution >= 0.6 is 15.9 Å². The molecule has 1 fully saturated rings. The van der Waals surface area contributed by atoms with Crippen LogP contribution < -0.4 is 5.32 Å². The van der Waals surface area contributed by atoms with Crippen molar-refractivity contribution in [2.24, 2.45) is 5.92 Å². The van der Waals surface area contributed by atoms with Crippen LogP contribution in [0.1, 0.15) is 36.0 Å². The van der Waals surface area contributed by atoms with E-state index in [1.165, 1.54) is 31.3 Å². The molecule has 1 aromatic rings. The van der Waals surface area contributed by atoms with Crippen LogP contribution in [-0.2, 0) is 0 Å². The van der Waals surface area contributed by atoms with Gasteiger partial charge in [0.2, 0.25) is 0 Å². The Balaban J connectivity index is 1.84. The second-order valence-electron chi connectivity index (χ2n) is 4.72. The minimum absolute atomic E-state index is 0.0702. The summed E-state index contributed by atoms with van der Waals surface area (Å²) in [7, 11) is 0. The molecule has 0 bridgehead atoms. The number of carbonyl (C=O) groups excluding carboxylic acids is 1. The Bertz CT molecular complexity index is 417. The van der Waals surface area contributed by atoms with E-state index in [1.54, 1.807) is 0 Å². The number of halogens is 1. The van der Waals surface area contributed by atoms with Crippen molar-refractivity contribution in [2.75, 3.05) is 6.54 Å². The average Bonchev–Trinajstić information content (AvgIpc) is 2.38. The number of alkyl halides is 1. The summed E-state index contributed by atoms with van der Waals surface area (Å²) in [5, 5.41) is 12.4. The van der Waals surface area contributed by atoms with Crippen LogP contribution in [0.3, 0.4) is 0 Å². The summed E-state index contributed by atoms with van der Waals surface area (Å²) >= 11 is 3.61. The molecule has 1 aliphatic rings. The van der Waals surface area contributed by atoms with E-state index in [-0.39, 0.29) is 11.7 Å². The molecule has 2 rings (SSSR count). The number of rotatable bonds is 3. The second-order valence-corrected chi connectivity index (χ2v) is 6.02. The summed E-state index contributed by atoms with van der Waals surface area (Å²) in [5.74, 6) is 0.252. The largest absolute Gasteiger partial charge is 0.505 e. The Kier molecular flexibility index (Phi) is 4.58. The van der Waals surface area contributed by atoms with Crippen molar-refractivity contribution >= 4 is 21.8 Å². The molecule has 1 heterocycles. The van der Waals surface area contributed by atoms with Gasteiger partial charge in [0.05, 0.1) is 11.8 Å². The lowest BCUT2D eigenvalue weighted by Gasteiger charge is -2.25. The molecule has 0 aliphatic heterocycles. The zero-order valence-electron chi connectivity index (χ0n) is 10.1. The number of pyridine rings is 1. The van der Waals surface area contributed by atoms with Gasteiger partial charge in [0, 0.05) is 17.6 Å². The molecule has 0 spiro atoms. The normalized spacial score (nSPS) is 23.6. The van der Waals surface area contributed by atoms with E-state index in [4.69, 9.17) is 0 Å². The van der Waals surface area contributed by atoms with Gasteiger partial charge >= 0.3 is 0 Å². The second kappa shape index (κ2) is 6.18. The van der Waals surface area contributed by atoms with Gasteiger partial charge in [0.15, 0.2) is 0 Å². The molecule has 98 valence electrons. The molecule has 1 aromatic heterocycles. The van der Waals surface area contributed by atoms with Gasteiger partial charge in [0.25, 0.3) is 5.91 Å². The highest BCUT2D eigenvalue weighted by Crippen LogP contribution is 2.28. The molecule has 1 saturated carbocycles. The summed E-state index contributed by atoms with van der Waals surface area (Å²) in [4.78, 5) is 16.2. The third-order valence-corrected chi connectivity index (χ3v) is 4.29. The van der Waals surface area contributed by atoms with E-state index in [1.807, 2.05) is 0 Å². The lowest BCUT2D eigenvalue weighted by atomic mass is 9.89. The summed E-state index contributed by atoms with van der Waals surface area (Å²) in [6.45, 7) is 0.681. The van der Waals surface area contributed by atoms with E-state index in [2.05, 4.69) is 26.2 Å². The summed E-state index contributed by atoms with van der Waals surface area (Å²) in [6.07, 6.45) is 7.40. The Hall–Kier alpha value is -1.10. The van der Waals surface area contributed by atoms with Crippen molar-refractivity contribution in [3.05, 3.63) is 24.0 Å². The van der Waals surface area contributed by atoms with Crippen LogP contribution in [0, 0.1) is 5.92 Å². The molecule has 5 heteroatoms. The van der Waals surface area contributed by atoms with Gasteiger partial charge in [-0.15, -0.1) is 0 Å². The highest BCUT2D eigenvalue weighted by Gasteiger charge is 2.20. The molecule has 0 atom stereocenters. The zero-order valence-corrected chi connectivity index (χ0v) is 11.7. The highest BCUT2D eigenvalue weighted by molar-refractivity contribution is 9.09. The quantitative estimate of drug-likeness (QED) is 0.843. The third-order valence-electron chi connectivity index (χ3n) is 3.37. The molecule has 0 saturated heterocycles. The number of amides is 1. The standard InChI is InChI=1S/C13H17BrN2O2/c14-10-3-1-9(2-4-10)7-16-13(18)11-5-6-15-8-12(11)17/h5-6,8-10,17H,1-4,7H2,(H,16,18). The van der Waals surface area contributed by atoms with E-state index >= 15 is 0 Å². The Morgan fingerprint density at radius 1 is 1.44 bits per heavy atom. The molecule has 2 N–H and O–H groups in total. The van der Waals surface area contributed by atoms with Crippen molar-refractivity contribution in [3.63, 3.8) is 0 Å². The number of nitrogens with one attached hydrogen (secondary N) is 1. The van der Waals surface area contributed by atoms with Crippen molar-refractivity contribution in [1.82, 2.24) is 10.3 Å². The molecule has 0 radical (unpaired) electrons. The minimum atomic E-state index is -0.226. The molecule has 4 nitrogen and oxygen atoms in total. The minimum Gasteiger partial charge on any atom is -0.505 e. The SMILES string of the molecule is O=C(NCC1CCC(Br)CC1)c1ccncc1O. The average molecular weight is 313 g/mol. The zero-order chi connectivity index (χ0) is 13.0. The lowest BCUT2D eigenvalue weighted by molar-refractivity contribution is 0.0941. The van der Waals surface area contributed by atoms with Crippen molar-refractivity contribution in [1.29, 1.82) is 0 Å². The summed E-state index contributed by atoms with van der Waals surface area (Å²) in [6, 6.07) is 1.53. The fourth-order valence-electron chi connectivity index (χ4n) is 2.24. The van der Waals surface area contributed by atoms with E-state index in [0.29, 0.717) is 22.9 Å². The number of aromatic nitrogens is 1. The van der Waals surface area contributed by atoms with Gasteiger partial charge in [-0.05, 0) is 37.7 Å². The number of hydrogen-bond acceptors (Lipinski definition) is 3. The van der Waals surface area contributed by atoms with E-state index in [9.17, 15) is 9.90 Å². The Morgan fingerprint density at radius 3 is 2.83 bits per heavy atom. The number of nitrogens with zero attached hydrogens (tertiary/aromatic N) is 1. The third kappa shape index (κ3) is 3.45. The molecule has 1 amide bonds. The van der Waals surface area contributed by atoms with Crippen LogP contribution in [0.2, 0.25) is 0 Å². The van der Waals surface area contributed by atoms with Crippen LogP contribution in [0.4, 0.5) is 0 Å². The van der Waals surface area contributed by atoms with Crippen molar-refractivity contribution < 1.29 is 9.90 Å². The number of hydrogen-bond donors (Lipinski definition) is 2. The van der Waals surface area contributed by atoms with Crippen molar-refractivity contribution in [2.45, 2.75) is 30.5 Å². The van der Waals surface area contributed by atoms with E-state index in [0.717, 1.165) is 12.8 Å². The highest BCUT2D eigenvalue weighted by atomic mass is 79.9. The smallest absolute Gasteiger partial charge is 0.255 e. The lowest BCUT2D eigenvalue weighted by Crippen LogP contribution is -2.31. The Labute approximate surface area is 115 Å². The Morgan fingerprint density at radius 2 is 2.17 bits per heavy atom. The molecule has 0 unspecified atom stereocenters.